The van der Waals surface area contributed by atoms with Gasteiger partial charge in [-0.2, -0.15) is 0 Å². The molecular weight excluding hydrogens is 190 g/mol. The maximum atomic E-state index is 12.1. The molecule has 0 aliphatic heterocycles. The lowest BCUT2D eigenvalue weighted by Crippen LogP contribution is -2.19. The van der Waals surface area contributed by atoms with Crippen molar-refractivity contribution in [2.24, 2.45) is 7.05 Å². The minimum Gasteiger partial charge on any atom is -0.383 e. The predicted molar refractivity (Wildman–Crippen MR) is 57.6 cm³/mol. The number of hydrogen-bond acceptors (Lipinski definition) is 3. The fourth-order valence-electron chi connectivity index (χ4n) is 1.91. The van der Waals surface area contributed by atoms with Crippen LogP contribution in [0.5, 0.6) is 0 Å². The van der Waals surface area contributed by atoms with Crippen LogP contribution in [0.3, 0.4) is 0 Å². The van der Waals surface area contributed by atoms with E-state index in [0.717, 1.165) is 29.8 Å². The summed E-state index contributed by atoms with van der Waals surface area (Å²) in [5, 5.41) is 0. The SMILES string of the molecule is CN(C)/C=C1/CCc2ncn(C)c2C1=O. The molecule has 4 heteroatoms. The summed E-state index contributed by atoms with van der Waals surface area (Å²) >= 11 is 0. The molecule has 0 fully saturated rings. The van der Waals surface area contributed by atoms with Crippen molar-refractivity contribution in [2.45, 2.75) is 12.8 Å². The van der Waals surface area contributed by atoms with Gasteiger partial charge in [0.25, 0.3) is 0 Å². The average molecular weight is 205 g/mol. The Morgan fingerprint density at radius 1 is 1.47 bits per heavy atom. The second-order valence-electron chi connectivity index (χ2n) is 4.10. The van der Waals surface area contributed by atoms with Crippen LogP contribution in [0.4, 0.5) is 0 Å². The third kappa shape index (κ3) is 1.67. The molecule has 15 heavy (non-hydrogen) atoms. The maximum Gasteiger partial charge on any atom is 0.208 e. The smallest absolute Gasteiger partial charge is 0.208 e. The lowest BCUT2D eigenvalue weighted by molar-refractivity contribution is 0.101. The summed E-state index contributed by atoms with van der Waals surface area (Å²) in [6, 6.07) is 0. The van der Waals surface area contributed by atoms with E-state index in [4.69, 9.17) is 0 Å². The molecule has 1 aromatic rings. The quantitative estimate of drug-likeness (QED) is 0.642. The van der Waals surface area contributed by atoms with Crippen molar-refractivity contribution in [2.75, 3.05) is 14.1 Å². The van der Waals surface area contributed by atoms with Crippen molar-refractivity contribution in [3.63, 3.8) is 0 Å². The predicted octanol–water partition coefficient (Wildman–Crippen LogP) is 0.995. The normalized spacial score (nSPS) is 18.1. The first-order valence-corrected chi connectivity index (χ1v) is 5.01. The number of fused-ring (bicyclic) bond motifs is 1. The number of aromatic nitrogens is 2. The van der Waals surface area contributed by atoms with Gasteiger partial charge in [0, 0.05) is 32.9 Å². The van der Waals surface area contributed by atoms with Crippen molar-refractivity contribution in [3.8, 4) is 0 Å². The monoisotopic (exact) mass is 205 g/mol. The van der Waals surface area contributed by atoms with Gasteiger partial charge in [-0.05, 0) is 12.8 Å². The lowest BCUT2D eigenvalue weighted by Gasteiger charge is -2.16. The van der Waals surface area contributed by atoms with Crippen molar-refractivity contribution in [1.82, 2.24) is 14.5 Å². The van der Waals surface area contributed by atoms with Gasteiger partial charge in [0.15, 0.2) is 0 Å². The molecule has 1 heterocycles. The van der Waals surface area contributed by atoms with Gasteiger partial charge in [-0.15, -0.1) is 0 Å². The Kier molecular flexibility index (Phi) is 2.34. The molecule has 0 unspecified atom stereocenters. The molecule has 0 saturated carbocycles. The molecule has 0 N–H and O–H groups in total. The van der Waals surface area contributed by atoms with E-state index in [2.05, 4.69) is 4.98 Å². The Hall–Kier alpha value is -1.58. The Balaban J connectivity index is 2.41. The van der Waals surface area contributed by atoms with Crippen molar-refractivity contribution in [3.05, 3.63) is 29.5 Å². The highest BCUT2D eigenvalue weighted by Gasteiger charge is 2.25. The van der Waals surface area contributed by atoms with Crippen molar-refractivity contribution >= 4 is 5.78 Å². The standard InChI is InChI=1S/C11H15N3O/c1-13(2)6-8-4-5-9-10(11(8)15)14(3)7-12-9/h6-7H,4-5H2,1-3H3/b8-6-. The van der Waals surface area contributed by atoms with Crippen LogP contribution in [0.1, 0.15) is 22.6 Å². The average Bonchev–Trinajstić information content (AvgIpc) is 2.53. The van der Waals surface area contributed by atoms with Gasteiger partial charge < -0.3 is 9.47 Å². The summed E-state index contributed by atoms with van der Waals surface area (Å²) in [6.45, 7) is 0. The Morgan fingerprint density at radius 3 is 2.87 bits per heavy atom. The van der Waals surface area contributed by atoms with Crippen molar-refractivity contribution < 1.29 is 4.79 Å². The molecule has 0 bridgehead atoms. The van der Waals surface area contributed by atoms with E-state index in [1.54, 1.807) is 10.9 Å². The van der Waals surface area contributed by atoms with E-state index in [1.807, 2.05) is 32.2 Å². The van der Waals surface area contributed by atoms with E-state index in [0.29, 0.717) is 0 Å². The highest BCUT2D eigenvalue weighted by atomic mass is 16.1. The van der Waals surface area contributed by atoms with Gasteiger partial charge in [0.1, 0.15) is 5.69 Å². The number of ketones is 1. The second kappa shape index (κ2) is 3.53. The van der Waals surface area contributed by atoms with E-state index < -0.39 is 0 Å². The largest absolute Gasteiger partial charge is 0.383 e. The number of allylic oxidation sites excluding steroid dienone is 1. The summed E-state index contributed by atoms with van der Waals surface area (Å²) in [5.74, 6) is 0.116. The van der Waals surface area contributed by atoms with Crippen LogP contribution in [-0.2, 0) is 13.5 Å². The van der Waals surface area contributed by atoms with Gasteiger partial charge >= 0.3 is 0 Å². The first-order valence-electron chi connectivity index (χ1n) is 5.01. The highest BCUT2D eigenvalue weighted by molar-refractivity contribution is 6.09. The number of carbonyl (C=O) groups excluding carboxylic acids is 1. The summed E-state index contributed by atoms with van der Waals surface area (Å²) < 4.78 is 1.81. The molecule has 1 aliphatic carbocycles. The molecular formula is C11H15N3O. The van der Waals surface area contributed by atoms with E-state index in [-0.39, 0.29) is 5.78 Å². The molecule has 0 amide bonds. The van der Waals surface area contributed by atoms with Crippen LogP contribution in [0, 0.1) is 0 Å². The minimum absolute atomic E-state index is 0.116. The summed E-state index contributed by atoms with van der Waals surface area (Å²) in [7, 11) is 5.72. The van der Waals surface area contributed by atoms with Gasteiger partial charge in [0.2, 0.25) is 5.78 Å². The van der Waals surface area contributed by atoms with Crippen LogP contribution < -0.4 is 0 Å². The molecule has 0 aromatic carbocycles. The second-order valence-corrected chi connectivity index (χ2v) is 4.10. The molecule has 0 spiro atoms. The van der Waals surface area contributed by atoms with E-state index >= 15 is 0 Å². The zero-order valence-corrected chi connectivity index (χ0v) is 9.32. The molecule has 0 radical (unpaired) electrons. The van der Waals surface area contributed by atoms with Crippen LogP contribution in [0.2, 0.25) is 0 Å². The minimum atomic E-state index is 0.116. The van der Waals surface area contributed by atoms with Crippen molar-refractivity contribution in [1.29, 1.82) is 0 Å². The summed E-state index contributed by atoms with van der Waals surface area (Å²) in [4.78, 5) is 18.2. The zero-order valence-electron chi connectivity index (χ0n) is 9.32. The first kappa shape index (κ1) is 9.96. The van der Waals surface area contributed by atoms with Crippen LogP contribution >= 0.6 is 0 Å². The van der Waals surface area contributed by atoms with E-state index in [1.165, 1.54) is 0 Å². The van der Waals surface area contributed by atoms with Crippen LogP contribution in [-0.4, -0.2) is 34.3 Å². The lowest BCUT2D eigenvalue weighted by atomic mass is 9.94. The van der Waals surface area contributed by atoms with Gasteiger partial charge in [0.05, 0.1) is 12.0 Å². The zero-order chi connectivity index (χ0) is 11.0. The molecule has 1 aromatic heterocycles. The number of carbonyl (C=O) groups is 1. The summed E-state index contributed by atoms with van der Waals surface area (Å²) in [6.07, 6.45) is 5.27. The molecule has 2 rings (SSSR count). The Labute approximate surface area is 89.2 Å². The molecule has 0 saturated heterocycles. The number of imidazole rings is 1. The Morgan fingerprint density at radius 2 is 2.20 bits per heavy atom. The van der Waals surface area contributed by atoms with Gasteiger partial charge in [-0.25, -0.2) is 4.98 Å². The number of aryl methyl sites for hydroxylation is 2. The maximum absolute atomic E-state index is 12.1. The molecule has 0 atom stereocenters. The first-order chi connectivity index (χ1) is 7.09. The number of nitrogens with zero attached hydrogens (tertiary/aromatic N) is 3. The topological polar surface area (TPSA) is 38.1 Å². The number of rotatable bonds is 1. The molecule has 4 nitrogen and oxygen atoms in total. The number of hydrogen-bond donors (Lipinski definition) is 0. The third-order valence-electron chi connectivity index (χ3n) is 2.56. The fraction of sp³-hybridized carbons (Fsp3) is 0.455. The third-order valence-corrected chi connectivity index (χ3v) is 2.56. The van der Waals surface area contributed by atoms with Crippen LogP contribution in [0.25, 0.3) is 0 Å². The molecule has 80 valence electrons. The highest BCUT2D eigenvalue weighted by Crippen LogP contribution is 2.23. The summed E-state index contributed by atoms with van der Waals surface area (Å²) in [5.41, 5.74) is 2.55. The van der Waals surface area contributed by atoms with Gasteiger partial charge in [-0.1, -0.05) is 0 Å². The van der Waals surface area contributed by atoms with E-state index in [9.17, 15) is 4.79 Å². The van der Waals surface area contributed by atoms with Crippen LogP contribution in [0.15, 0.2) is 18.1 Å². The number of Topliss-reactive ketones (excluding diaryl/α,β-unsaturated/α-hetero) is 1. The Bertz CT molecular complexity index is 429. The fourth-order valence-corrected chi connectivity index (χ4v) is 1.91. The molecule has 1 aliphatic rings. The van der Waals surface area contributed by atoms with Gasteiger partial charge in [-0.3, -0.25) is 4.79 Å².